The Morgan fingerprint density at radius 1 is 1.33 bits per heavy atom. The Bertz CT molecular complexity index is 89.7. The van der Waals surface area contributed by atoms with Crippen LogP contribution in [-0.2, 0) is 9.13 Å². The van der Waals surface area contributed by atoms with Gasteiger partial charge in [-0.1, -0.05) is 0 Å². The molecule has 52 valence electrons. The molecule has 0 aliphatic heterocycles. The summed E-state index contributed by atoms with van der Waals surface area (Å²) in [6.45, 7) is 0. The molecule has 0 aromatic carbocycles. The van der Waals surface area contributed by atoms with Crippen molar-refractivity contribution in [3.05, 3.63) is 0 Å². The predicted octanol–water partition coefficient (Wildman–Crippen LogP) is -3.63. The fraction of sp³-hybridized carbons (Fsp3) is 0. The van der Waals surface area contributed by atoms with Gasteiger partial charge in [0.25, 0.3) is 0 Å². The van der Waals surface area contributed by atoms with E-state index in [9.17, 15) is 0 Å². The zero-order valence-electron chi connectivity index (χ0n) is 5.50. The van der Waals surface area contributed by atoms with Gasteiger partial charge in [-0.15, -0.1) is 0 Å². The second kappa shape index (κ2) is 9.17. The largest absolute Gasteiger partial charge is 1.00 e. The summed E-state index contributed by atoms with van der Waals surface area (Å²) in [4.78, 5) is 28.5. The molecule has 0 aliphatic carbocycles. The molecule has 0 bridgehead atoms. The molecule has 0 unspecified atom stereocenters. The van der Waals surface area contributed by atoms with Gasteiger partial charge in [-0.25, -0.2) is 9.13 Å². The Kier molecular flexibility index (Phi) is 16.9. The molecule has 9 heavy (non-hydrogen) atoms. The molecule has 0 heterocycles. The third-order valence-corrected chi connectivity index (χ3v) is 0. The van der Waals surface area contributed by atoms with Crippen molar-refractivity contribution >= 4 is 16.5 Å². The zero-order chi connectivity index (χ0) is 7.21. The van der Waals surface area contributed by atoms with Crippen LogP contribution in [0, 0.1) is 0 Å². The van der Waals surface area contributed by atoms with E-state index in [-0.39, 0.29) is 31.0 Å². The van der Waals surface area contributed by atoms with Crippen molar-refractivity contribution in [1.29, 1.82) is 0 Å². The van der Waals surface area contributed by atoms with E-state index >= 15 is 0 Å². The third kappa shape index (κ3) is 344. The first kappa shape index (κ1) is 16.6. The molecular formula is H5NaO6P2. The molecular weight excluding hydrogens is 181 g/mol. The van der Waals surface area contributed by atoms with Gasteiger partial charge in [0, 0.05) is 0 Å². The van der Waals surface area contributed by atoms with E-state index < -0.39 is 16.5 Å². The molecule has 0 radical (unpaired) electrons. The van der Waals surface area contributed by atoms with Crippen molar-refractivity contribution in [3.63, 3.8) is 0 Å². The summed E-state index contributed by atoms with van der Waals surface area (Å²) < 4.78 is 17.3. The fourth-order valence-electron chi connectivity index (χ4n) is 0. The molecule has 0 atom stereocenters. The quantitative estimate of drug-likeness (QED) is 0.229. The van der Waals surface area contributed by atoms with Crippen LogP contribution in [0.4, 0.5) is 0 Å². The molecule has 0 fully saturated rings. The second-order valence-corrected chi connectivity index (χ2v) is 1.78. The maximum atomic E-state index is 8.88. The summed E-state index contributed by atoms with van der Waals surface area (Å²) in [6, 6.07) is 0. The maximum Gasteiger partial charge on any atom is 1.00 e. The zero-order valence-corrected chi connectivity index (χ0v) is 8.29. The minimum atomic E-state index is -4.64. The van der Waals surface area contributed by atoms with Crippen molar-refractivity contribution in [2.75, 3.05) is 0 Å². The van der Waals surface area contributed by atoms with Crippen LogP contribution in [0.25, 0.3) is 0 Å². The minimum Gasteiger partial charge on any atom is -1.00 e. The Labute approximate surface area is 76.2 Å². The van der Waals surface area contributed by atoms with E-state index in [0.29, 0.717) is 0 Å². The van der Waals surface area contributed by atoms with Crippen LogP contribution >= 0.6 is 16.5 Å². The van der Waals surface area contributed by atoms with Crippen molar-refractivity contribution < 1.29 is 59.7 Å². The maximum absolute atomic E-state index is 8.88. The molecule has 0 spiro atoms. The van der Waals surface area contributed by atoms with Gasteiger partial charge in [0.2, 0.25) is 0 Å². The minimum absolute atomic E-state index is 0. The molecule has 0 saturated carbocycles. The summed E-state index contributed by atoms with van der Waals surface area (Å²) in [7, 11) is -5.47. The summed E-state index contributed by atoms with van der Waals surface area (Å²) in [5.74, 6) is 0. The number of hydrogen-bond donors (Lipinski definition) is 4. The van der Waals surface area contributed by atoms with Crippen molar-refractivity contribution in [2.24, 2.45) is 0 Å². The van der Waals surface area contributed by atoms with Gasteiger partial charge >= 0.3 is 46.1 Å². The van der Waals surface area contributed by atoms with Crippen LogP contribution in [-0.4, -0.2) is 19.6 Å². The monoisotopic (exact) mass is 186 g/mol. The standard InChI is InChI=1S/Na.H3O4P.HO2P.H/c;1-5(2,3)4;1-3-2;/h;(H3,1,2,3,4);(H,1,2);/q+1;;;-1. The van der Waals surface area contributed by atoms with E-state index in [1.807, 2.05) is 0 Å². The Balaban J connectivity index is -0.0000000326. The van der Waals surface area contributed by atoms with Gasteiger partial charge < -0.3 is 21.0 Å². The van der Waals surface area contributed by atoms with E-state index in [4.69, 9.17) is 28.7 Å². The fourth-order valence-corrected chi connectivity index (χ4v) is 0. The molecule has 0 aromatic rings. The Hall–Kier alpha value is 1.17. The van der Waals surface area contributed by atoms with E-state index in [2.05, 4.69) is 0 Å². The summed E-state index contributed by atoms with van der Waals surface area (Å²) in [6.07, 6.45) is 0. The summed E-state index contributed by atoms with van der Waals surface area (Å²) >= 11 is 0. The number of hydrogen-bond acceptors (Lipinski definition) is 2. The second-order valence-electron chi connectivity index (χ2n) is 0.595. The first-order valence-electron chi connectivity index (χ1n) is 1.17. The van der Waals surface area contributed by atoms with Crippen LogP contribution in [0.2, 0.25) is 0 Å². The average molecular weight is 186 g/mol. The van der Waals surface area contributed by atoms with Crippen molar-refractivity contribution in [1.82, 2.24) is 0 Å². The van der Waals surface area contributed by atoms with Gasteiger partial charge in [-0.05, 0) is 0 Å². The molecule has 0 aliphatic rings. The van der Waals surface area contributed by atoms with Gasteiger partial charge in [0.05, 0.1) is 0 Å². The first-order chi connectivity index (χ1) is 3.41. The molecule has 4 N–H and O–H groups in total. The summed E-state index contributed by atoms with van der Waals surface area (Å²) in [5, 5.41) is 0. The van der Waals surface area contributed by atoms with Crippen LogP contribution in [0.15, 0.2) is 0 Å². The third-order valence-electron chi connectivity index (χ3n) is 0. The average Bonchev–Trinajstić information content (AvgIpc) is 1.27. The number of rotatable bonds is 0. The Morgan fingerprint density at radius 3 is 1.33 bits per heavy atom. The van der Waals surface area contributed by atoms with Crippen molar-refractivity contribution in [2.45, 2.75) is 0 Å². The Morgan fingerprint density at radius 2 is 1.33 bits per heavy atom. The van der Waals surface area contributed by atoms with Gasteiger partial charge in [0.15, 0.2) is 0 Å². The molecule has 6 nitrogen and oxygen atoms in total. The van der Waals surface area contributed by atoms with Crippen LogP contribution in [0.5, 0.6) is 0 Å². The van der Waals surface area contributed by atoms with Crippen LogP contribution in [0.1, 0.15) is 1.43 Å². The molecule has 9 heteroatoms. The van der Waals surface area contributed by atoms with Gasteiger partial charge in [0.1, 0.15) is 0 Å². The first-order valence-corrected chi connectivity index (χ1v) is 3.50. The van der Waals surface area contributed by atoms with Gasteiger partial charge in [-0.2, -0.15) is 0 Å². The molecule has 0 rings (SSSR count). The number of phosphoric acid groups is 1. The van der Waals surface area contributed by atoms with Crippen LogP contribution < -0.4 is 29.6 Å². The van der Waals surface area contributed by atoms with Gasteiger partial charge in [-0.3, -0.25) is 0 Å². The van der Waals surface area contributed by atoms with E-state index in [1.54, 1.807) is 0 Å². The SMILES string of the molecule is O=P(O)(O)O.O=PO.[H-].[Na+]. The van der Waals surface area contributed by atoms with E-state index in [0.717, 1.165) is 0 Å². The van der Waals surface area contributed by atoms with Crippen molar-refractivity contribution in [3.8, 4) is 0 Å². The molecule has 0 aromatic heterocycles. The van der Waals surface area contributed by atoms with E-state index in [1.165, 1.54) is 0 Å². The predicted molar refractivity (Wildman–Crippen MR) is 25.2 cm³/mol. The van der Waals surface area contributed by atoms with Crippen LogP contribution in [0.3, 0.4) is 0 Å². The summed E-state index contributed by atoms with van der Waals surface area (Å²) in [5.41, 5.74) is 0. The topological polar surface area (TPSA) is 115 Å². The molecule has 0 amide bonds. The normalized spacial score (nSPS) is 8.89. The smallest absolute Gasteiger partial charge is 1.00 e. The molecule has 0 saturated heterocycles.